The van der Waals surface area contributed by atoms with Crippen molar-refractivity contribution in [3.05, 3.63) is 41.5 Å². The van der Waals surface area contributed by atoms with Crippen molar-refractivity contribution in [3.63, 3.8) is 0 Å². The topological polar surface area (TPSA) is 63.3 Å². The fraction of sp³-hybridized carbons (Fsp3) is 0.308. The lowest BCUT2D eigenvalue weighted by Crippen LogP contribution is -2.21. The average Bonchev–Trinajstić information content (AvgIpc) is 2.28. The van der Waals surface area contributed by atoms with E-state index in [0.717, 1.165) is 24.5 Å². The third-order valence-electron chi connectivity index (χ3n) is 2.42. The molecule has 94 valence electrons. The van der Waals surface area contributed by atoms with Crippen LogP contribution in [0.2, 0.25) is 0 Å². The molecule has 4 heteroatoms. The second-order valence-electron chi connectivity index (χ2n) is 3.79. The first kappa shape index (κ1) is 15.7. The summed E-state index contributed by atoms with van der Waals surface area (Å²) in [5.41, 5.74) is 7.92. The first-order valence-electron chi connectivity index (χ1n) is 5.37. The summed E-state index contributed by atoms with van der Waals surface area (Å²) < 4.78 is 0. The zero-order valence-electron chi connectivity index (χ0n) is 9.80. The monoisotopic (exact) mass is 255 g/mol. The van der Waals surface area contributed by atoms with E-state index in [1.807, 2.05) is 24.3 Å². The summed E-state index contributed by atoms with van der Waals surface area (Å²) in [5.74, 6) is -0.933. The first-order valence-corrected chi connectivity index (χ1v) is 5.37. The van der Waals surface area contributed by atoms with Gasteiger partial charge in [-0.15, -0.1) is 12.4 Å². The molecule has 1 atom stereocenters. The molecular formula is C13H18ClNO2. The van der Waals surface area contributed by atoms with E-state index in [1.54, 1.807) is 6.08 Å². The van der Waals surface area contributed by atoms with Crippen molar-refractivity contribution in [3.8, 4) is 0 Å². The molecule has 0 aliphatic rings. The zero-order valence-corrected chi connectivity index (χ0v) is 10.6. The van der Waals surface area contributed by atoms with E-state index in [0.29, 0.717) is 0 Å². The number of halogens is 1. The van der Waals surface area contributed by atoms with Crippen LogP contribution in [0, 0.1) is 0 Å². The van der Waals surface area contributed by atoms with Crippen LogP contribution in [0.4, 0.5) is 0 Å². The van der Waals surface area contributed by atoms with Gasteiger partial charge in [-0.25, -0.2) is 4.79 Å². The molecule has 0 fully saturated rings. The Morgan fingerprint density at radius 1 is 1.41 bits per heavy atom. The molecule has 17 heavy (non-hydrogen) atoms. The number of carboxylic acids is 1. The van der Waals surface area contributed by atoms with E-state index >= 15 is 0 Å². The van der Waals surface area contributed by atoms with Crippen LogP contribution in [0.15, 0.2) is 30.3 Å². The maximum absolute atomic E-state index is 10.3. The standard InChI is InChI=1S/C13H17NO2.ClH/c1-2-12(14)9-11-5-3-10(4-6-11)7-8-13(15)16;/h3-8,12H,2,9,14H2,1H3,(H,15,16);1H/b8-7+;. The molecule has 0 radical (unpaired) electrons. The average molecular weight is 256 g/mol. The molecule has 0 spiro atoms. The number of benzene rings is 1. The maximum Gasteiger partial charge on any atom is 0.328 e. The number of carbonyl (C=O) groups is 1. The van der Waals surface area contributed by atoms with E-state index < -0.39 is 5.97 Å². The summed E-state index contributed by atoms with van der Waals surface area (Å²) in [6, 6.07) is 7.96. The van der Waals surface area contributed by atoms with E-state index in [9.17, 15) is 4.79 Å². The molecule has 0 bridgehead atoms. The normalized spacial score (nSPS) is 12.1. The quantitative estimate of drug-likeness (QED) is 0.795. The van der Waals surface area contributed by atoms with E-state index in [1.165, 1.54) is 5.56 Å². The first-order chi connectivity index (χ1) is 7.61. The third-order valence-corrected chi connectivity index (χ3v) is 2.42. The molecule has 0 aliphatic carbocycles. The number of hydrogen-bond donors (Lipinski definition) is 2. The molecule has 1 unspecified atom stereocenters. The lowest BCUT2D eigenvalue weighted by atomic mass is 10.0. The van der Waals surface area contributed by atoms with Gasteiger partial charge >= 0.3 is 5.97 Å². The molecule has 0 heterocycles. The van der Waals surface area contributed by atoms with Crippen LogP contribution < -0.4 is 5.73 Å². The molecule has 0 amide bonds. The fourth-order valence-corrected chi connectivity index (χ4v) is 1.38. The SMILES string of the molecule is CCC(N)Cc1ccc(/C=C/C(=O)O)cc1.Cl. The van der Waals surface area contributed by atoms with Crippen molar-refractivity contribution in [2.75, 3.05) is 0 Å². The van der Waals surface area contributed by atoms with Gasteiger partial charge in [-0.2, -0.15) is 0 Å². The number of carboxylic acid groups (broad SMARTS) is 1. The molecule has 1 rings (SSSR count). The Morgan fingerprint density at radius 2 is 2.00 bits per heavy atom. The van der Waals surface area contributed by atoms with Crippen LogP contribution in [0.5, 0.6) is 0 Å². The second kappa shape index (κ2) is 7.87. The lowest BCUT2D eigenvalue weighted by Gasteiger charge is -2.08. The minimum absolute atomic E-state index is 0. The van der Waals surface area contributed by atoms with Crippen molar-refractivity contribution in [1.29, 1.82) is 0 Å². The Kier molecular flexibility index (Phi) is 7.26. The zero-order chi connectivity index (χ0) is 12.0. The van der Waals surface area contributed by atoms with Crippen LogP contribution in [0.25, 0.3) is 6.08 Å². The van der Waals surface area contributed by atoms with Crippen LogP contribution in [-0.4, -0.2) is 17.1 Å². The predicted octanol–water partition coefficient (Wildman–Crippen LogP) is 2.49. The Hall–Kier alpha value is -1.32. The second-order valence-corrected chi connectivity index (χ2v) is 3.79. The van der Waals surface area contributed by atoms with Crippen molar-refractivity contribution >= 4 is 24.5 Å². The summed E-state index contributed by atoms with van der Waals surface area (Å²) >= 11 is 0. The maximum atomic E-state index is 10.3. The highest BCUT2D eigenvalue weighted by molar-refractivity contribution is 5.85. The highest BCUT2D eigenvalue weighted by Gasteiger charge is 2.00. The van der Waals surface area contributed by atoms with Gasteiger partial charge in [0, 0.05) is 12.1 Å². The molecule has 3 nitrogen and oxygen atoms in total. The Bertz CT molecular complexity index is 374. The largest absolute Gasteiger partial charge is 0.478 e. The number of nitrogens with two attached hydrogens (primary N) is 1. The van der Waals surface area contributed by atoms with Gasteiger partial charge in [-0.3, -0.25) is 0 Å². The van der Waals surface area contributed by atoms with Crippen LogP contribution in [-0.2, 0) is 11.2 Å². The van der Waals surface area contributed by atoms with Gasteiger partial charge in [0.15, 0.2) is 0 Å². The number of hydrogen-bond acceptors (Lipinski definition) is 2. The van der Waals surface area contributed by atoms with Gasteiger partial charge in [-0.1, -0.05) is 31.2 Å². The summed E-state index contributed by atoms with van der Waals surface area (Å²) in [6.45, 7) is 2.06. The minimum Gasteiger partial charge on any atom is -0.478 e. The Morgan fingerprint density at radius 3 is 2.47 bits per heavy atom. The van der Waals surface area contributed by atoms with Gasteiger partial charge in [-0.05, 0) is 30.0 Å². The molecule has 0 saturated carbocycles. The summed E-state index contributed by atoms with van der Waals surface area (Å²) in [5, 5.41) is 8.48. The van der Waals surface area contributed by atoms with Gasteiger partial charge in [0.1, 0.15) is 0 Å². The third kappa shape index (κ3) is 6.09. The van der Waals surface area contributed by atoms with Crippen molar-refractivity contribution in [1.82, 2.24) is 0 Å². The van der Waals surface area contributed by atoms with Gasteiger partial charge in [0.2, 0.25) is 0 Å². The minimum atomic E-state index is -0.933. The van der Waals surface area contributed by atoms with Crippen LogP contribution in [0.1, 0.15) is 24.5 Å². The molecule has 0 saturated heterocycles. The Balaban J connectivity index is 0.00000256. The summed E-state index contributed by atoms with van der Waals surface area (Å²) in [6.07, 6.45) is 4.53. The smallest absolute Gasteiger partial charge is 0.328 e. The van der Waals surface area contributed by atoms with E-state index in [-0.39, 0.29) is 18.4 Å². The molecule has 0 aromatic heterocycles. The summed E-state index contributed by atoms with van der Waals surface area (Å²) in [4.78, 5) is 10.3. The van der Waals surface area contributed by atoms with Crippen molar-refractivity contribution in [2.24, 2.45) is 5.73 Å². The van der Waals surface area contributed by atoms with E-state index in [2.05, 4.69) is 6.92 Å². The van der Waals surface area contributed by atoms with E-state index in [4.69, 9.17) is 10.8 Å². The molecule has 1 aromatic carbocycles. The number of aliphatic carboxylic acids is 1. The van der Waals surface area contributed by atoms with Crippen molar-refractivity contribution in [2.45, 2.75) is 25.8 Å². The van der Waals surface area contributed by atoms with Crippen LogP contribution >= 0.6 is 12.4 Å². The summed E-state index contributed by atoms with van der Waals surface area (Å²) in [7, 11) is 0. The molecule has 1 aromatic rings. The molecular weight excluding hydrogens is 238 g/mol. The molecule has 3 N–H and O–H groups in total. The number of rotatable bonds is 5. The predicted molar refractivity (Wildman–Crippen MR) is 72.3 cm³/mol. The Labute approximate surface area is 108 Å². The fourth-order valence-electron chi connectivity index (χ4n) is 1.38. The van der Waals surface area contributed by atoms with Crippen LogP contribution in [0.3, 0.4) is 0 Å². The van der Waals surface area contributed by atoms with Gasteiger partial charge in [0.25, 0.3) is 0 Å². The molecule has 0 aliphatic heterocycles. The van der Waals surface area contributed by atoms with Gasteiger partial charge in [0.05, 0.1) is 0 Å². The highest BCUT2D eigenvalue weighted by Crippen LogP contribution is 2.08. The van der Waals surface area contributed by atoms with Crippen molar-refractivity contribution < 1.29 is 9.90 Å². The highest BCUT2D eigenvalue weighted by atomic mass is 35.5. The van der Waals surface area contributed by atoms with Gasteiger partial charge < -0.3 is 10.8 Å². The lowest BCUT2D eigenvalue weighted by molar-refractivity contribution is -0.131.